The Morgan fingerprint density at radius 1 is 1.15 bits per heavy atom. The smallest absolute Gasteiger partial charge is 0.119 e. The first-order valence-corrected chi connectivity index (χ1v) is 7.62. The van der Waals surface area contributed by atoms with E-state index in [9.17, 15) is 5.11 Å². The van der Waals surface area contributed by atoms with Crippen LogP contribution in [0, 0.1) is 5.41 Å². The van der Waals surface area contributed by atoms with Crippen LogP contribution in [0.3, 0.4) is 0 Å². The van der Waals surface area contributed by atoms with Gasteiger partial charge in [-0.15, -0.1) is 0 Å². The van der Waals surface area contributed by atoms with Gasteiger partial charge in [-0.2, -0.15) is 0 Å². The van der Waals surface area contributed by atoms with Gasteiger partial charge in [0, 0.05) is 25.1 Å². The van der Waals surface area contributed by atoms with E-state index in [1.54, 1.807) is 0 Å². The highest BCUT2D eigenvalue weighted by Crippen LogP contribution is 2.24. The maximum Gasteiger partial charge on any atom is 0.119 e. The molecule has 1 aromatic rings. The van der Waals surface area contributed by atoms with Crippen LogP contribution in [0.25, 0.3) is 0 Å². The normalized spacial score (nSPS) is 11.9. The fourth-order valence-electron chi connectivity index (χ4n) is 2.21. The Morgan fingerprint density at radius 2 is 1.75 bits per heavy atom. The topological polar surface area (TPSA) is 41.5 Å². The van der Waals surface area contributed by atoms with E-state index in [4.69, 9.17) is 4.74 Å². The van der Waals surface area contributed by atoms with Crippen molar-refractivity contribution in [3.05, 3.63) is 29.8 Å². The maximum atomic E-state index is 9.54. The van der Waals surface area contributed by atoms with Crippen LogP contribution in [0.15, 0.2) is 24.3 Å². The molecule has 0 aliphatic carbocycles. The number of ether oxygens (including phenoxy) is 1. The van der Waals surface area contributed by atoms with Crippen molar-refractivity contribution in [1.82, 2.24) is 5.32 Å². The molecular formula is C17H29NO2. The minimum atomic E-state index is 0.0146. The van der Waals surface area contributed by atoms with Crippen LogP contribution >= 0.6 is 0 Å². The van der Waals surface area contributed by atoms with Crippen molar-refractivity contribution >= 4 is 0 Å². The molecule has 2 N–H and O–H groups in total. The standard InChI is InChI=1S/C17H29NO2/c1-5-17(6-2,13-19)12-18-11-15-7-9-16(10-8-15)20-14(3)4/h7-10,14,18-19H,5-6,11-13H2,1-4H3. The van der Waals surface area contributed by atoms with Gasteiger partial charge in [-0.3, -0.25) is 0 Å². The number of nitrogens with one attached hydrogen (secondary N) is 1. The van der Waals surface area contributed by atoms with Crippen molar-refractivity contribution in [2.75, 3.05) is 13.2 Å². The lowest BCUT2D eigenvalue weighted by Crippen LogP contribution is -2.36. The zero-order valence-electron chi connectivity index (χ0n) is 13.3. The van der Waals surface area contributed by atoms with Gasteiger partial charge >= 0.3 is 0 Å². The van der Waals surface area contributed by atoms with Crippen molar-refractivity contribution < 1.29 is 9.84 Å². The average molecular weight is 279 g/mol. The summed E-state index contributed by atoms with van der Waals surface area (Å²) in [5, 5.41) is 13.0. The van der Waals surface area contributed by atoms with Gasteiger partial charge in [0.15, 0.2) is 0 Å². The van der Waals surface area contributed by atoms with Gasteiger partial charge in [0.25, 0.3) is 0 Å². The van der Waals surface area contributed by atoms with E-state index in [1.807, 2.05) is 26.0 Å². The van der Waals surface area contributed by atoms with E-state index in [-0.39, 0.29) is 18.1 Å². The highest BCUT2D eigenvalue weighted by molar-refractivity contribution is 5.27. The van der Waals surface area contributed by atoms with E-state index in [0.29, 0.717) is 0 Å². The summed E-state index contributed by atoms with van der Waals surface area (Å²) < 4.78 is 5.63. The molecule has 0 unspecified atom stereocenters. The van der Waals surface area contributed by atoms with E-state index in [1.165, 1.54) is 5.56 Å². The molecule has 0 fully saturated rings. The number of hydrogen-bond donors (Lipinski definition) is 2. The Balaban J connectivity index is 2.46. The Morgan fingerprint density at radius 3 is 2.20 bits per heavy atom. The summed E-state index contributed by atoms with van der Waals surface area (Å²) in [6.45, 7) is 10.2. The Bertz CT molecular complexity index is 361. The van der Waals surface area contributed by atoms with Crippen molar-refractivity contribution in [3.8, 4) is 5.75 Å². The molecule has 3 nitrogen and oxygen atoms in total. The van der Waals surface area contributed by atoms with Gasteiger partial charge < -0.3 is 15.2 Å². The molecule has 0 aliphatic heterocycles. The molecular weight excluding hydrogens is 250 g/mol. The van der Waals surface area contributed by atoms with Gasteiger partial charge in [0.2, 0.25) is 0 Å². The van der Waals surface area contributed by atoms with E-state index in [0.717, 1.165) is 31.7 Å². The van der Waals surface area contributed by atoms with Crippen LogP contribution in [0.5, 0.6) is 5.75 Å². The molecule has 0 heterocycles. The number of hydrogen-bond acceptors (Lipinski definition) is 3. The molecule has 3 heteroatoms. The van der Waals surface area contributed by atoms with Gasteiger partial charge in [-0.25, -0.2) is 0 Å². The summed E-state index contributed by atoms with van der Waals surface area (Å²) in [7, 11) is 0. The molecule has 1 rings (SSSR count). The third-order valence-electron chi connectivity index (χ3n) is 3.96. The third kappa shape index (κ3) is 5.14. The number of rotatable bonds is 9. The van der Waals surface area contributed by atoms with Crippen molar-refractivity contribution in [2.45, 2.75) is 53.2 Å². The zero-order chi connectivity index (χ0) is 15.0. The van der Waals surface area contributed by atoms with Crippen LogP contribution in [0.2, 0.25) is 0 Å². The summed E-state index contributed by atoms with van der Waals surface area (Å²) in [5.74, 6) is 0.913. The first-order chi connectivity index (χ1) is 9.55. The number of aliphatic hydroxyl groups is 1. The van der Waals surface area contributed by atoms with Crippen LogP contribution in [-0.2, 0) is 6.54 Å². The van der Waals surface area contributed by atoms with E-state index < -0.39 is 0 Å². The van der Waals surface area contributed by atoms with E-state index >= 15 is 0 Å². The molecule has 114 valence electrons. The highest BCUT2D eigenvalue weighted by atomic mass is 16.5. The predicted octanol–water partition coefficient (Wildman–Crippen LogP) is 3.36. The second kappa shape index (κ2) is 8.28. The Kier molecular flexibility index (Phi) is 7.03. The molecule has 0 amide bonds. The van der Waals surface area contributed by atoms with Crippen molar-refractivity contribution in [3.63, 3.8) is 0 Å². The molecule has 1 aromatic carbocycles. The highest BCUT2D eigenvalue weighted by Gasteiger charge is 2.24. The minimum Gasteiger partial charge on any atom is -0.491 e. The quantitative estimate of drug-likeness (QED) is 0.728. The molecule has 0 aromatic heterocycles. The predicted molar refractivity (Wildman–Crippen MR) is 84.0 cm³/mol. The summed E-state index contributed by atoms with van der Waals surface area (Å²) in [6, 6.07) is 8.19. The summed E-state index contributed by atoms with van der Waals surface area (Å²) in [5.41, 5.74) is 1.25. The molecule has 0 saturated carbocycles. The van der Waals surface area contributed by atoms with Gasteiger partial charge in [0.1, 0.15) is 5.75 Å². The molecule has 0 spiro atoms. The van der Waals surface area contributed by atoms with Gasteiger partial charge in [0.05, 0.1) is 6.10 Å². The molecule has 0 saturated heterocycles. The van der Waals surface area contributed by atoms with Crippen LogP contribution in [-0.4, -0.2) is 24.4 Å². The summed E-state index contributed by atoms with van der Waals surface area (Å²) in [4.78, 5) is 0. The van der Waals surface area contributed by atoms with Gasteiger partial charge in [-0.05, 0) is 44.4 Å². The average Bonchev–Trinajstić information content (AvgIpc) is 2.45. The molecule has 0 radical (unpaired) electrons. The maximum absolute atomic E-state index is 9.54. The zero-order valence-corrected chi connectivity index (χ0v) is 13.3. The Hall–Kier alpha value is -1.06. The van der Waals surface area contributed by atoms with Crippen molar-refractivity contribution in [1.29, 1.82) is 0 Å². The number of benzene rings is 1. The summed E-state index contributed by atoms with van der Waals surface area (Å²) in [6.07, 6.45) is 2.20. The number of aliphatic hydroxyl groups excluding tert-OH is 1. The largest absolute Gasteiger partial charge is 0.491 e. The second-order valence-electron chi connectivity index (χ2n) is 5.78. The Labute approximate surface area is 123 Å². The molecule has 0 bridgehead atoms. The first-order valence-electron chi connectivity index (χ1n) is 7.62. The van der Waals surface area contributed by atoms with Crippen molar-refractivity contribution in [2.24, 2.45) is 5.41 Å². The third-order valence-corrected chi connectivity index (χ3v) is 3.96. The van der Waals surface area contributed by atoms with Crippen LogP contribution in [0.1, 0.15) is 46.1 Å². The molecule has 20 heavy (non-hydrogen) atoms. The SMILES string of the molecule is CCC(CC)(CO)CNCc1ccc(OC(C)C)cc1. The first kappa shape index (κ1) is 17.0. The lowest BCUT2D eigenvalue weighted by molar-refractivity contribution is 0.113. The van der Waals surface area contributed by atoms with Gasteiger partial charge in [-0.1, -0.05) is 26.0 Å². The monoisotopic (exact) mass is 279 g/mol. The van der Waals surface area contributed by atoms with E-state index in [2.05, 4.69) is 31.3 Å². The molecule has 0 atom stereocenters. The minimum absolute atomic E-state index is 0.0146. The second-order valence-corrected chi connectivity index (χ2v) is 5.78. The van der Waals surface area contributed by atoms with Crippen LogP contribution < -0.4 is 10.1 Å². The fourth-order valence-corrected chi connectivity index (χ4v) is 2.21. The fraction of sp³-hybridized carbons (Fsp3) is 0.647. The van der Waals surface area contributed by atoms with Crippen LogP contribution in [0.4, 0.5) is 0 Å². The summed E-state index contributed by atoms with van der Waals surface area (Å²) >= 11 is 0. The molecule has 0 aliphatic rings. The lowest BCUT2D eigenvalue weighted by atomic mass is 9.83. The lowest BCUT2D eigenvalue weighted by Gasteiger charge is -2.29.